The second kappa shape index (κ2) is 7.61. The minimum atomic E-state index is -0.453. The van der Waals surface area contributed by atoms with Crippen LogP contribution in [0, 0.1) is 0 Å². The molecule has 0 fully saturated rings. The van der Waals surface area contributed by atoms with E-state index < -0.39 is 5.63 Å². The first-order valence-electron chi connectivity index (χ1n) is 9.82. The fourth-order valence-corrected chi connectivity index (χ4v) is 3.70. The molecule has 0 amide bonds. The molecule has 0 saturated carbocycles. The van der Waals surface area contributed by atoms with Crippen LogP contribution in [0.4, 0.5) is 0 Å². The van der Waals surface area contributed by atoms with Gasteiger partial charge < -0.3 is 13.9 Å². The highest BCUT2D eigenvalue weighted by Gasteiger charge is 2.12. The van der Waals surface area contributed by atoms with Gasteiger partial charge in [0.15, 0.2) is 12.4 Å². The maximum absolute atomic E-state index is 12.6. The van der Waals surface area contributed by atoms with E-state index in [1.54, 1.807) is 37.4 Å². The fourth-order valence-electron chi connectivity index (χ4n) is 3.70. The Morgan fingerprint density at radius 1 is 0.806 bits per heavy atom. The number of Topliss-reactive ketones (excluding diaryl/α,β-unsaturated/α-hetero) is 1. The molecule has 0 bridgehead atoms. The van der Waals surface area contributed by atoms with E-state index in [9.17, 15) is 9.59 Å². The van der Waals surface area contributed by atoms with Gasteiger partial charge in [-0.1, -0.05) is 36.4 Å². The van der Waals surface area contributed by atoms with Crippen LogP contribution in [0.1, 0.15) is 10.4 Å². The van der Waals surface area contributed by atoms with E-state index in [4.69, 9.17) is 13.9 Å². The van der Waals surface area contributed by atoms with E-state index in [-0.39, 0.29) is 12.4 Å². The quantitative estimate of drug-likeness (QED) is 0.221. The predicted molar refractivity (Wildman–Crippen MR) is 120 cm³/mol. The number of hydrogen-bond donors (Lipinski definition) is 0. The van der Waals surface area contributed by atoms with Crippen LogP contribution in [0.15, 0.2) is 88.1 Å². The normalized spacial score (nSPS) is 11.1. The van der Waals surface area contributed by atoms with E-state index in [0.717, 1.165) is 21.5 Å². The predicted octanol–water partition coefficient (Wildman–Crippen LogP) is 5.37. The first kappa shape index (κ1) is 18.9. The molecule has 0 aliphatic carbocycles. The van der Waals surface area contributed by atoms with Crippen LogP contribution in [-0.4, -0.2) is 19.5 Å². The standard InChI is InChI=1S/C26H18O5/c1-29-19-8-10-21-22-11-9-20(14-25(22)31-26(28)23(21)13-19)30-15-24(27)18-7-6-16-4-2-3-5-17(16)12-18/h2-14H,15H2,1H3. The van der Waals surface area contributed by atoms with Crippen molar-refractivity contribution in [2.75, 3.05) is 13.7 Å². The largest absolute Gasteiger partial charge is 0.497 e. The molecule has 5 rings (SSSR count). The average Bonchev–Trinajstić information content (AvgIpc) is 2.82. The molecule has 0 atom stereocenters. The molecule has 0 radical (unpaired) electrons. The number of ether oxygens (including phenoxy) is 2. The summed E-state index contributed by atoms with van der Waals surface area (Å²) >= 11 is 0. The number of fused-ring (bicyclic) bond motifs is 4. The number of ketones is 1. The SMILES string of the molecule is COc1ccc2c(c1)c(=O)oc1cc(OCC(=O)c3ccc4ccccc4c3)ccc12. The van der Waals surface area contributed by atoms with Gasteiger partial charge in [0, 0.05) is 22.4 Å². The van der Waals surface area contributed by atoms with Gasteiger partial charge in [-0.3, -0.25) is 4.79 Å². The summed E-state index contributed by atoms with van der Waals surface area (Å²) < 4.78 is 16.4. The first-order valence-corrected chi connectivity index (χ1v) is 9.82. The zero-order valence-electron chi connectivity index (χ0n) is 16.8. The summed E-state index contributed by atoms with van der Waals surface area (Å²) in [4.78, 5) is 25.0. The van der Waals surface area contributed by atoms with Crippen molar-refractivity contribution < 1.29 is 18.7 Å². The lowest BCUT2D eigenvalue weighted by atomic mass is 10.0. The second-order valence-electron chi connectivity index (χ2n) is 7.23. The minimum Gasteiger partial charge on any atom is -0.497 e. The zero-order valence-corrected chi connectivity index (χ0v) is 16.8. The molecular weight excluding hydrogens is 392 g/mol. The molecule has 5 heteroatoms. The van der Waals surface area contributed by atoms with Crippen molar-refractivity contribution in [1.29, 1.82) is 0 Å². The van der Waals surface area contributed by atoms with Crippen molar-refractivity contribution in [2.45, 2.75) is 0 Å². The summed E-state index contributed by atoms with van der Waals surface area (Å²) in [5, 5.41) is 4.09. The lowest BCUT2D eigenvalue weighted by Crippen LogP contribution is -2.11. The van der Waals surface area contributed by atoms with E-state index >= 15 is 0 Å². The molecule has 152 valence electrons. The molecule has 0 aliphatic heterocycles. The van der Waals surface area contributed by atoms with Crippen molar-refractivity contribution >= 4 is 38.3 Å². The Morgan fingerprint density at radius 3 is 2.42 bits per heavy atom. The number of rotatable bonds is 5. The van der Waals surface area contributed by atoms with Crippen LogP contribution < -0.4 is 15.1 Å². The topological polar surface area (TPSA) is 65.7 Å². The van der Waals surface area contributed by atoms with Gasteiger partial charge in [0.1, 0.15) is 17.1 Å². The van der Waals surface area contributed by atoms with Crippen LogP contribution in [-0.2, 0) is 0 Å². The van der Waals surface area contributed by atoms with Crippen LogP contribution in [0.3, 0.4) is 0 Å². The molecule has 0 N–H and O–H groups in total. The zero-order chi connectivity index (χ0) is 21.4. The van der Waals surface area contributed by atoms with E-state index in [1.165, 1.54) is 0 Å². The Bertz CT molecular complexity index is 1510. The van der Waals surface area contributed by atoms with Gasteiger partial charge >= 0.3 is 5.63 Å². The molecule has 0 unspecified atom stereocenters. The molecular formula is C26H18O5. The molecule has 0 aliphatic rings. The van der Waals surface area contributed by atoms with Crippen molar-refractivity contribution in [1.82, 2.24) is 0 Å². The Balaban J connectivity index is 1.41. The Morgan fingerprint density at radius 2 is 1.58 bits per heavy atom. The van der Waals surface area contributed by atoms with Gasteiger partial charge in [-0.15, -0.1) is 0 Å². The van der Waals surface area contributed by atoms with Crippen LogP contribution in [0.2, 0.25) is 0 Å². The molecule has 0 spiro atoms. The Labute approximate surface area is 177 Å². The summed E-state index contributed by atoms with van der Waals surface area (Å²) in [6.07, 6.45) is 0. The maximum Gasteiger partial charge on any atom is 0.344 e. The molecule has 1 aromatic heterocycles. The van der Waals surface area contributed by atoms with Gasteiger partial charge in [0.2, 0.25) is 0 Å². The molecule has 4 aromatic carbocycles. The Hall–Kier alpha value is -4.12. The third-order valence-electron chi connectivity index (χ3n) is 5.33. The third kappa shape index (κ3) is 3.51. The van der Waals surface area contributed by atoms with Gasteiger partial charge in [-0.05, 0) is 47.2 Å². The van der Waals surface area contributed by atoms with Crippen molar-refractivity contribution in [3.63, 3.8) is 0 Å². The highest BCUT2D eigenvalue weighted by molar-refractivity contribution is 6.05. The number of methoxy groups -OCH3 is 1. The molecule has 0 saturated heterocycles. The summed E-state index contributed by atoms with van der Waals surface area (Å²) in [5.41, 5.74) is 0.537. The number of carbonyl (C=O) groups is 1. The van der Waals surface area contributed by atoms with Crippen LogP contribution >= 0.6 is 0 Å². The lowest BCUT2D eigenvalue weighted by Gasteiger charge is -2.09. The van der Waals surface area contributed by atoms with Gasteiger partial charge in [0.25, 0.3) is 0 Å². The van der Waals surface area contributed by atoms with Crippen LogP contribution in [0.5, 0.6) is 11.5 Å². The summed E-state index contributed by atoms with van der Waals surface area (Å²) in [6.45, 7) is -0.112. The van der Waals surface area contributed by atoms with Gasteiger partial charge in [-0.2, -0.15) is 0 Å². The van der Waals surface area contributed by atoms with Crippen molar-refractivity contribution in [3.8, 4) is 11.5 Å². The first-order chi connectivity index (χ1) is 15.1. The smallest absolute Gasteiger partial charge is 0.344 e. The fraction of sp³-hybridized carbons (Fsp3) is 0.0769. The van der Waals surface area contributed by atoms with Crippen LogP contribution in [0.25, 0.3) is 32.5 Å². The number of hydrogen-bond acceptors (Lipinski definition) is 5. The highest BCUT2D eigenvalue weighted by Crippen LogP contribution is 2.28. The van der Waals surface area contributed by atoms with Gasteiger partial charge in [-0.25, -0.2) is 4.79 Å². The van der Waals surface area contributed by atoms with E-state index in [0.29, 0.717) is 28.0 Å². The summed E-state index contributed by atoms with van der Waals surface area (Å²) in [6, 6.07) is 24.0. The Kier molecular flexibility index (Phi) is 4.64. The minimum absolute atomic E-state index is 0.112. The summed E-state index contributed by atoms with van der Waals surface area (Å²) in [5.74, 6) is 0.918. The van der Waals surface area contributed by atoms with E-state index in [2.05, 4.69) is 0 Å². The monoisotopic (exact) mass is 410 g/mol. The summed E-state index contributed by atoms with van der Waals surface area (Å²) in [7, 11) is 1.55. The molecule has 31 heavy (non-hydrogen) atoms. The highest BCUT2D eigenvalue weighted by atomic mass is 16.5. The van der Waals surface area contributed by atoms with E-state index in [1.807, 2.05) is 48.5 Å². The second-order valence-corrected chi connectivity index (χ2v) is 7.23. The molecule has 1 heterocycles. The average molecular weight is 410 g/mol. The number of carbonyl (C=O) groups excluding carboxylic acids is 1. The number of benzene rings is 4. The maximum atomic E-state index is 12.6. The lowest BCUT2D eigenvalue weighted by molar-refractivity contribution is 0.0921. The van der Waals surface area contributed by atoms with Gasteiger partial charge in [0.05, 0.1) is 12.5 Å². The van der Waals surface area contributed by atoms with Crippen molar-refractivity contribution in [2.24, 2.45) is 0 Å². The molecule has 5 nitrogen and oxygen atoms in total. The molecule has 5 aromatic rings. The third-order valence-corrected chi connectivity index (χ3v) is 5.33. The van der Waals surface area contributed by atoms with Crippen molar-refractivity contribution in [3.05, 3.63) is 94.8 Å².